The first-order valence-corrected chi connectivity index (χ1v) is 9.67. The summed E-state index contributed by atoms with van der Waals surface area (Å²) in [4.78, 5) is 13.3. The van der Waals surface area contributed by atoms with Gasteiger partial charge in [-0.05, 0) is 38.0 Å². The van der Waals surface area contributed by atoms with Gasteiger partial charge in [-0.3, -0.25) is 9.48 Å². The number of benzene rings is 1. The average molecular weight is 418 g/mol. The van der Waals surface area contributed by atoms with Crippen LogP contribution in [0.2, 0.25) is 0 Å². The Morgan fingerprint density at radius 1 is 1.37 bits per heavy atom. The van der Waals surface area contributed by atoms with E-state index in [9.17, 15) is 13.6 Å². The van der Waals surface area contributed by atoms with Crippen molar-refractivity contribution in [3.8, 4) is 5.75 Å². The first-order valence-electron chi connectivity index (χ1n) is 9.67. The van der Waals surface area contributed by atoms with Crippen LogP contribution in [0.5, 0.6) is 5.75 Å². The van der Waals surface area contributed by atoms with E-state index in [1.54, 1.807) is 43.9 Å². The number of halogens is 2. The van der Waals surface area contributed by atoms with Crippen LogP contribution in [0.15, 0.2) is 47.7 Å². The number of ether oxygens (including phenoxy) is 1. The van der Waals surface area contributed by atoms with Crippen molar-refractivity contribution >= 4 is 17.8 Å². The Hall–Kier alpha value is -3.16. The molecule has 1 heterocycles. The smallest absolute Gasteiger partial charge is 0.214 e. The molecule has 2 rings (SSSR count). The predicted molar refractivity (Wildman–Crippen MR) is 115 cm³/mol. The summed E-state index contributed by atoms with van der Waals surface area (Å²) in [6, 6.07) is 5.18. The minimum absolute atomic E-state index is 0.127. The van der Waals surface area contributed by atoms with E-state index in [-0.39, 0.29) is 18.7 Å². The molecule has 1 aromatic heterocycles. The fourth-order valence-corrected chi connectivity index (χ4v) is 2.98. The zero-order valence-corrected chi connectivity index (χ0v) is 18.0. The number of rotatable bonds is 10. The average Bonchev–Trinajstić information content (AvgIpc) is 3.07. The molecule has 0 aliphatic heterocycles. The number of aryl methyl sites for hydroxylation is 2. The van der Waals surface area contributed by atoms with Crippen molar-refractivity contribution < 1.29 is 18.3 Å². The van der Waals surface area contributed by atoms with Gasteiger partial charge in [0.1, 0.15) is 29.7 Å². The Labute approximate surface area is 175 Å². The number of anilines is 2. The zero-order chi connectivity index (χ0) is 22.3. The van der Waals surface area contributed by atoms with Crippen molar-refractivity contribution in [2.75, 3.05) is 23.9 Å². The number of aromatic nitrogens is 2. The van der Waals surface area contributed by atoms with E-state index in [2.05, 4.69) is 10.4 Å². The molecule has 0 bridgehead atoms. The Bertz CT molecular complexity index is 947. The van der Waals surface area contributed by atoms with Crippen LogP contribution >= 0.6 is 0 Å². The van der Waals surface area contributed by atoms with Gasteiger partial charge in [0.05, 0.1) is 23.5 Å². The van der Waals surface area contributed by atoms with Gasteiger partial charge in [-0.1, -0.05) is 13.0 Å². The van der Waals surface area contributed by atoms with E-state index in [4.69, 9.17) is 4.74 Å². The molecule has 0 saturated heterocycles. The van der Waals surface area contributed by atoms with Gasteiger partial charge in [0.15, 0.2) is 0 Å². The van der Waals surface area contributed by atoms with Gasteiger partial charge in [0, 0.05) is 26.4 Å². The third-order valence-corrected chi connectivity index (χ3v) is 4.58. The van der Waals surface area contributed by atoms with Crippen molar-refractivity contribution in [2.45, 2.75) is 33.7 Å². The zero-order valence-electron chi connectivity index (χ0n) is 18.0. The van der Waals surface area contributed by atoms with Crippen LogP contribution in [0.25, 0.3) is 0 Å². The number of nitrogens with one attached hydrogen (secondary N) is 1. The molecule has 8 heteroatoms. The fraction of sp³-hybridized carbons (Fsp3) is 0.364. The quantitative estimate of drug-likeness (QED) is 0.444. The van der Waals surface area contributed by atoms with Gasteiger partial charge in [-0.25, -0.2) is 8.78 Å². The molecule has 2 aromatic rings. The number of carbonyl (C=O) groups is 1. The number of hydrogen-bond donors (Lipinski definition) is 1. The van der Waals surface area contributed by atoms with Gasteiger partial charge in [0.2, 0.25) is 6.41 Å². The number of allylic oxidation sites excluding steroid dienone is 2. The predicted octanol–water partition coefficient (Wildman–Crippen LogP) is 4.82. The minimum atomic E-state index is -0.631. The van der Waals surface area contributed by atoms with E-state index in [0.29, 0.717) is 23.6 Å². The Morgan fingerprint density at radius 3 is 2.70 bits per heavy atom. The first kappa shape index (κ1) is 23.1. The van der Waals surface area contributed by atoms with E-state index in [1.165, 1.54) is 17.9 Å². The Kier molecular flexibility index (Phi) is 8.15. The third kappa shape index (κ3) is 5.68. The lowest BCUT2D eigenvalue weighted by Gasteiger charge is -2.20. The summed E-state index contributed by atoms with van der Waals surface area (Å²) >= 11 is 0. The molecule has 1 N–H and O–H groups in total. The molecule has 0 aliphatic rings. The maximum atomic E-state index is 14.1. The van der Waals surface area contributed by atoms with E-state index in [0.717, 1.165) is 17.7 Å². The topological polar surface area (TPSA) is 59.4 Å². The van der Waals surface area contributed by atoms with Crippen LogP contribution in [-0.2, 0) is 18.4 Å². The molecule has 0 fully saturated rings. The first-order chi connectivity index (χ1) is 14.3. The molecule has 1 aromatic carbocycles. The molecule has 0 saturated carbocycles. The second-order valence-electron chi connectivity index (χ2n) is 6.86. The summed E-state index contributed by atoms with van der Waals surface area (Å²) in [6.45, 7) is 4.84. The van der Waals surface area contributed by atoms with Crippen LogP contribution in [0, 0.1) is 6.92 Å². The van der Waals surface area contributed by atoms with Crippen molar-refractivity contribution in [2.24, 2.45) is 7.05 Å². The second kappa shape index (κ2) is 10.6. The van der Waals surface area contributed by atoms with Crippen LogP contribution in [0.4, 0.5) is 20.2 Å². The highest BCUT2D eigenvalue weighted by atomic mass is 19.1. The summed E-state index contributed by atoms with van der Waals surface area (Å²) < 4.78 is 35.1. The van der Waals surface area contributed by atoms with Crippen molar-refractivity contribution in [3.05, 3.63) is 59.0 Å². The molecule has 0 aliphatic carbocycles. The second-order valence-corrected chi connectivity index (χ2v) is 6.86. The lowest BCUT2D eigenvalue weighted by molar-refractivity contribution is -0.107. The fourth-order valence-electron chi connectivity index (χ4n) is 2.98. The molecule has 6 nitrogen and oxygen atoms in total. The summed E-state index contributed by atoms with van der Waals surface area (Å²) in [5.41, 5.74) is 2.88. The van der Waals surface area contributed by atoms with Gasteiger partial charge < -0.3 is 15.0 Å². The molecule has 0 unspecified atom stereocenters. The van der Waals surface area contributed by atoms with Crippen LogP contribution in [-0.4, -0.2) is 29.8 Å². The molecule has 162 valence electrons. The largest absolute Gasteiger partial charge is 0.489 e. The molecule has 0 radical (unpaired) electrons. The van der Waals surface area contributed by atoms with E-state index in [1.807, 2.05) is 13.1 Å². The standard InChI is InChI=1S/C22H28F2N4O2/c1-6-7-19(24)18(16(3)23)13-30-17-9-8-15(2)22(10-17)28(14-29)12-21-20(25-4)11-27(5)26-21/h7-11,14,25H,6,12-13H2,1-5H3/b18-16+,19-7+. The van der Waals surface area contributed by atoms with Gasteiger partial charge in [0.25, 0.3) is 0 Å². The highest BCUT2D eigenvalue weighted by Crippen LogP contribution is 2.28. The van der Waals surface area contributed by atoms with E-state index < -0.39 is 11.7 Å². The molecular formula is C22H28F2N4O2. The Balaban J connectivity index is 2.25. The lowest BCUT2D eigenvalue weighted by Crippen LogP contribution is -2.22. The summed E-state index contributed by atoms with van der Waals surface area (Å²) in [6.07, 6.45) is 4.31. The number of amides is 1. The normalized spacial score (nSPS) is 12.4. The third-order valence-electron chi connectivity index (χ3n) is 4.58. The molecule has 0 spiro atoms. The van der Waals surface area contributed by atoms with Crippen LogP contribution < -0.4 is 15.0 Å². The van der Waals surface area contributed by atoms with Crippen molar-refractivity contribution in [3.63, 3.8) is 0 Å². The number of nitrogens with zero attached hydrogens (tertiary/aromatic N) is 3. The molecular weight excluding hydrogens is 390 g/mol. The summed E-state index contributed by atoms with van der Waals surface area (Å²) in [7, 11) is 3.59. The monoisotopic (exact) mass is 418 g/mol. The molecule has 30 heavy (non-hydrogen) atoms. The number of hydrogen-bond acceptors (Lipinski definition) is 4. The minimum Gasteiger partial charge on any atom is -0.489 e. The van der Waals surface area contributed by atoms with Crippen molar-refractivity contribution in [1.82, 2.24) is 9.78 Å². The SMILES string of the molecule is CC/C=C(F)\C(COc1ccc(C)c(N(C=O)Cc2nn(C)cc2NC)c1)=C(/C)F. The molecule has 1 amide bonds. The summed E-state index contributed by atoms with van der Waals surface area (Å²) in [5, 5.41) is 7.44. The van der Waals surface area contributed by atoms with Gasteiger partial charge >= 0.3 is 0 Å². The maximum Gasteiger partial charge on any atom is 0.214 e. The lowest BCUT2D eigenvalue weighted by atomic mass is 10.1. The van der Waals surface area contributed by atoms with Crippen LogP contribution in [0.1, 0.15) is 31.5 Å². The van der Waals surface area contributed by atoms with Gasteiger partial charge in [-0.15, -0.1) is 0 Å². The molecule has 0 atom stereocenters. The summed E-state index contributed by atoms with van der Waals surface area (Å²) in [5.74, 6) is -0.858. The highest BCUT2D eigenvalue weighted by molar-refractivity contribution is 5.78. The van der Waals surface area contributed by atoms with Gasteiger partial charge in [-0.2, -0.15) is 5.10 Å². The van der Waals surface area contributed by atoms with Crippen LogP contribution in [0.3, 0.4) is 0 Å². The maximum absolute atomic E-state index is 14.1. The van der Waals surface area contributed by atoms with Crippen molar-refractivity contribution in [1.29, 1.82) is 0 Å². The number of carbonyl (C=O) groups excluding carboxylic acids is 1. The highest BCUT2D eigenvalue weighted by Gasteiger charge is 2.16. The van der Waals surface area contributed by atoms with E-state index >= 15 is 0 Å². The Morgan fingerprint density at radius 2 is 2.10 bits per heavy atom.